The van der Waals surface area contributed by atoms with E-state index in [1.165, 1.54) is 32.1 Å². The van der Waals surface area contributed by atoms with E-state index in [0.29, 0.717) is 6.04 Å². The van der Waals surface area contributed by atoms with Crippen molar-refractivity contribution in [3.05, 3.63) is 12.7 Å². The molecule has 0 amide bonds. The predicted octanol–water partition coefficient (Wildman–Crippen LogP) is 1.46. The summed E-state index contributed by atoms with van der Waals surface area (Å²) < 4.78 is 0. The fourth-order valence-electron chi connectivity index (χ4n) is 1.77. The van der Waals surface area contributed by atoms with Crippen molar-refractivity contribution >= 4 is 0 Å². The average molecular weight is 169 g/mol. The van der Waals surface area contributed by atoms with Gasteiger partial charge in [0.2, 0.25) is 0 Å². The highest BCUT2D eigenvalue weighted by Crippen LogP contribution is 2.17. The van der Waals surface area contributed by atoms with Crippen LogP contribution in [0.25, 0.3) is 0 Å². The van der Waals surface area contributed by atoms with Gasteiger partial charge in [-0.2, -0.15) is 0 Å². The molecule has 2 N–H and O–H groups in total. The van der Waals surface area contributed by atoms with E-state index < -0.39 is 0 Å². The van der Waals surface area contributed by atoms with Gasteiger partial charge in [-0.1, -0.05) is 25.3 Å². The van der Waals surface area contributed by atoms with E-state index in [2.05, 4.69) is 11.9 Å². The molecule has 1 aliphatic rings. The van der Waals surface area contributed by atoms with Crippen LogP contribution in [0.5, 0.6) is 0 Å². The third-order valence-corrected chi connectivity index (χ3v) is 2.54. The highest BCUT2D eigenvalue weighted by molar-refractivity contribution is 4.88. The lowest BCUT2D eigenvalue weighted by atomic mass is 9.95. The van der Waals surface area contributed by atoms with Gasteiger partial charge in [-0.05, 0) is 12.8 Å². The number of hydrogen-bond donors (Lipinski definition) is 2. The van der Waals surface area contributed by atoms with E-state index in [4.69, 9.17) is 5.11 Å². The van der Waals surface area contributed by atoms with Gasteiger partial charge in [0.25, 0.3) is 0 Å². The van der Waals surface area contributed by atoms with Crippen molar-refractivity contribution in [2.45, 2.75) is 44.2 Å². The zero-order chi connectivity index (χ0) is 8.81. The molecule has 0 bridgehead atoms. The van der Waals surface area contributed by atoms with Gasteiger partial charge in [-0.25, -0.2) is 0 Å². The van der Waals surface area contributed by atoms with Crippen molar-refractivity contribution in [2.75, 3.05) is 6.61 Å². The minimum absolute atomic E-state index is 0.0908. The second-order valence-electron chi connectivity index (χ2n) is 3.53. The summed E-state index contributed by atoms with van der Waals surface area (Å²) in [6.07, 6.45) is 8.32. The van der Waals surface area contributed by atoms with Crippen LogP contribution in [-0.2, 0) is 0 Å². The lowest BCUT2D eigenvalue weighted by Gasteiger charge is -2.25. The topological polar surface area (TPSA) is 32.3 Å². The first kappa shape index (κ1) is 9.75. The lowest BCUT2D eigenvalue weighted by Crippen LogP contribution is -2.40. The normalized spacial score (nSPS) is 22.1. The maximum Gasteiger partial charge on any atom is 0.0620 e. The molecule has 1 aliphatic carbocycles. The highest BCUT2D eigenvalue weighted by atomic mass is 16.3. The molecule has 0 aromatic carbocycles. The van der Waals surface area contributed by atoms with Crippen LogP contribution in [0.2, 0.25) is 0 Å². The van der Waals surface area contributed by atoms with Gasteiger partial charge in [0.1, 0.15) is 0 Å². The molecule has 2 nitrogen and oxygen atoms in total. The number of nitrogens with one attached hydrogen (secondary N) is 1. The maximum absolute atomic E-state index is 8.92. The summed E-state index contributed by atoms with van der Waals surface area (Å²) in [5.41, 5.74) is 0. The monoisotopic (exact) mass is 169 g/mol. The first-order valence-corrected chi connectivity index (χ1v) is 4.86. The van der Waals surface area contributed by atoms with Crippen LogP contribution in [0.1, 0.15) is 32.1 Å². The van der Waals surface area contributed by atoms with E-state index in [1.807, 2.05) is 0 Å². The summed E-state index contributed by atoms with van der Waals surface area (Å²) in [5, 5.41) is 12.3. The van der Waals surface area contributed by atoms with E-state index >= 15 is 0 Å². The van der Waals surface area contributed by atoms with Gasteiger partial charge in [0, 0.05) is 12.1 Å². The summed E-state index contributed by atoms with van der Waals surface area (Å²) in [6.45, 7) is 3.84. The molecule has 70 valence electrons. The maximum atomic E-state index is 8.92. The molecule has 12 heavy (non-hydrogen) atoms. The van der Waals surface area contributed by atoms with Crippen LogP contribution in [0.3, 0.4) is 0 Å². The Hall–Kier alpha value is -0.340. The molecule has 1 atom stereocenters. The third-order valence-electron chi connectivity index (χ3n) is 2.54. The van der Waals surface area contributed by atoms with Crippen molar-refractivity contribution in [3.63, 3.8) is 0 Å². The Morgan fingerprint density at radius 1 is 1.42 bits per heavy atom. The zero-order valence-corrected chi connectivity index (χ0v) is 7.63. The summed E-state index contributed by atoms with van der Waals surface area (Å²) in [5.74, 6) is 0. The first-order valence-electron chi connectivity index (χ1n) is 4.86. The summed E-state index contributed by atoms with van der Waals surface area (Å²) in [7, 11) is 0. The predicted molar refractivity (Wildman–Crippen MR) is 51.1 cm³/mol. The van der Waals surface area contributed by atoms with Crippen LogP contribution < -0.4 is 5.32 Å². The fourth-order valence-corrected chi connectivity index (χ4v) is 1.77. The Balaban J connectivity index is 2.22. The van der Waals surface area contributed by atoms with Crippen LogP contribution in [0.4, 0.5) is 0 Å². The van der Waals surface area contributed by atoms with E-state index in [-0.39, 0.29) is 12.6 Å². The standard InChI is InChI=1S/C10H19NO/c1-2-9(8-12)11-10-6-4-3-5-7-10/h2,9-12H,1,3-8H2/t9-/m1/s1. The Morgan fingerprint density at radius 3 is 2.58 bits per heavy atom. The smallest absolute Gasteiger partial charge is 0.0620 e. The average Bonchev–Trinajstić information content (AvgIpc) is 2.16. The first-order chi connectivity index (χ1) is 5.86. The van der Waals surface area contributed by atoms with Gasteiger partial charge in [0.15, 0.2) is 0 Å². The SMILES string of the molecule is C=C[C@H](CO)NC1CCCCC1. The van der Waals surface area contributed by atoms with E-state index in [0.717, 1.165) is 0 Å². The molecule has 1 rings (SSSR count). The molecule has 2 heteroatoms. The van der Waals surface area contributed by atoms with Crippen molar-refractivity contribution < 1.29 is 5.11 Å². The number of aliphatic hydroxyl groups excluding tert-OH is 1. The molecular weight excluding hydrogens is 150 g/mol. The minimum Gasteiger partial charge on any atom is -0.394 e. The Morgan fingerprint density at radius 2 is 2.08 bits per heavy atom. The summed E-state index contributed by atoms with van der Waals surface area (Å²) in [6, 6.07) is 0.696. The quantitative estimate of drug-likeness (QED) is 0.624. The van der Waals surface area contributed by atoms with Crippen molar-refractivity contribution in [3.8, 4) is 0 Å². The number of hydrogen-bond acceptors (Lipinski definition) is 2. The number of rotatable bonds is 4. The van der Waals surface area contributed by atoms with Crippen molar-refractivity contribution in [1.29, 1.82) is 0 Å². The Labute approximate surface area is 74.7 Å². The van der Waals surface area contributed by atoms with Gasteiger partial charge in [-0.15, -0.1) is 6.58 Å². The summed E-state index contributed by atoms with van der Waals surface area (Å²) >= 11 is 0. The second kappa shape index (κ2) is 5.33. The molecule has 0 aromatic heterocycles. The van der Waals surface area contributed by atoms with Crippen molar-refractivity contribution in [1.82, 2.24) is 5.32 Å². The molecule has 0 saturated heterocycles. The van der Waals surface area contributed by atoms with Crippen LogP contribution >= 0.6 is 0 Å². The van der Waals surface area contributed by atoms with Crippen LogP contribution in [0.15, 0.2) is 12.7 Å². The largest absolute Gasteiger partial charge is 0.394 e. The van der Waals surface area contributed by atoms with Crippen LogP contribution in [0, 0.1) is 0 Å². The molecule has 0 aliphatic heterocycles. The second-order valence-corrected chi connectivity index (χ2v) is 3.53. The summed E-state index contributed by atoms with van der Waals surface area (Å²) in [4.78, 5) is 0. The van der Waals surface area contributed by atoms with Crippen molar-refractivity contribution in [2.24, 2.45) is 0 Å². The highest BCUT2D eigenvalue weighted by Gasteiger charge is 2.15. The molecule has 0 radical (unpaired) electrons. The van der Waals surface area contributed by atoms with Gasteiger partial charge < -0.3 is 10.4 Å². The van der Waals surface area contributed by atoms with Crippen LogP contribution in [-0.4, -0.2) is 23.8 Å². The molecule has 0 heterocycles. The van der Waals surface area contributed by atoms with E-state index in [1.54, 1.807) is 6.08 Å². The third kappa shape index (κ3) is 2.95. The van der Waals surface area contributed by atoms with Gasteiger partial charge in [-0.3, -0.25) is 0 Å². The van der Waals surface area contributed by atoms with Gasteiger partial charge in [0.05, 0.1) is 6.61 Å². The van der Waals surface area contributed by atoms with Gasteiger partial charge >= 0.3 is 0 Å². The fraction of sp³-hybridized carbons (Fsp3) is 0.800. The molecule has 0 unspecified atom stereocenters. The lowest BCUT2D eigenvalue weighted by molar-refractivity contribution is 0.241. The molecule has 1 saturated carbocycles. The Bertz CT molecular complexity index is 130. The minimum atomic E-state index is 0.0908. The zero-order valence-electron chi connectivity index (χ0n) is 7.63. The van der Waals surface area contributed by atoms with E-state index in [9.17, 15) is 0 Å². The molecule has 1 fully saturated rings. The number of aliphatic hydroxyl groups is 1. The Kier molecular flexibility index (Phi) is 4.33. The molecular formula is C10H19NO. The molecule has 0 spiro atoms. The molecule has 0 aromatic rings.